The van der Waals surface area contributed by atoms with Crippen molar-refractivity contribution in [1.82, 2.24) is 0 Å². The van der Waals surface area contributed by atoms with Crippen LogP contribution in [0.1, 0.15) is 5.56 Å². The van der Waals surface area contributed by atoms with E-state index in [4.69, 9.17) is 39.5 Å². The number of nitriles is 1. The molecule has 0 aliphatic heterocycles. The summed E-state index contributed by atoms with van der Waals surface area (Å²) >= 11 is 17.9. The molecule has 1 N–H and O–H groups in total. The Morgan fingerprint density at radius 2 is 1.75 bits per heavy atom. The van der Waals surface area contributed by atoms with Crippen molar-refractivity contribution >= 4 is 52.5 Å². The second-order valence-corrected chi connectivity index (χ2v) is 5.90. The van der Waals surface area contributed by atoms with Gasteiger partial charge >= 0.3 is 0 Å². The van der Waals surface area contributed by atoms with Gasteiger partial charge in [0.15, 0.2) is 5.75 Å². The van der Waals surface area contributed by atoms with E-state index >= 15 is 0 Å². The van der Waals surface area contributed by atoms with E-state index in [1.165, 1.54) is 13.2 Å². The molecule has 2 aromatic carbocycles. The molecule has 0 fully saturated rings. The van der Waals surface area contributed by atoms with E-state index in [2.05, 4.69) is 5.32 Å². The maximum atomic E-state index is 12.2. The molecule has 0 unspecified atom stereocenters. The molecule has 0 spiro atoms. The Morgan fingerprint density at radius 3 is 2.25 bits per heavy atom. The average molecular weight is 382 g/mol. The molecule has 0 heterocycles. The standard InChI is InChI=1S/C17H11Cl3N2O2/c1-24-16-14(19)7-10(8-15(16)20)6-11(9-21)17(23)22-13-4-2-12(18)3-5-13/h2-8H,1H3,(H,22,23). The van der Waals surface area contributed by atoms with Gasteiger partial charge in [-0.1, -0.05) is 34.8 Å². The fraction of sp³-hybridized carbons (Fsp3) is 0.0588. The van der Waals surface area contributed by atoms with Crippen LogP contribution >= 0.6 is 34.8 Å². The van der Waals surface area contributed by atoms with E-state index in [1.807, 2.05) is 6.07 Å². The van der Waals surface area contributed by atoms with E-state index in [1.54, 1.807) is 36.4 Å². The number of nitrogens with zero attached hydrogens (tertiary/aromatic N) is 1. The molecule has 122 valence electrons. The van der Waals surface area contributed by atoms with E-state index in [-0.39, 0.29) is 15.6 Å². The zero-order valence-electron chi connectivity index (χ0n) is 12.4. The summed E-state index contributed by atoms with van der Waals surface area (Å²) in [5.74, 6) is -0.220. The number of carbonyl (C=O) groups is 1. The number of nitrogens with one attached hydrogen (secondary N) is 1. The molecule has 0 aliphatic rings. The lowest BCUT2D eigenvalue weighted by Crippen LogP contribution is -2.13. The van der Waals surface area contributed by atoms with Gasteiger partial charge < -0.3 is 10.1 Å². The van der Waals surface area contributed by atoms with Gasteiger partial charge in [-0.25, -0.2) is 0 Å². The lowest BCUT2D eigenvalue weighted by atomic mass is 10.1. The van der Waals surface area contributed by atoms with E-state index in [0.29, 0.717) is 22.0 Å². The summed E-state index contributed by atoms with van der Waals surface area (Å²) in [7, 11) is 1.45. The molecule has 2 rings (SSSR count). The van der Waals surface area contributed by atoms with Crippen molar-refractivity contribution in [2.75, 3.05) is 12.4 Å². The van der Waals surface area contributed by atoms with Gasteiger partial charge in [-0.3, -0.25) is 4.79 Å². The van der Waals surface area contributed by atoms with Crippen LogP contribution in [0.2, 0.25) is 15.1 Å². The molecule has 0 bridgehead atoms. The zero-order chi connectivity index (χ0) is 17.7. The maximum Gasteiger partial charge on any atom is 0.266 e. The third-order valence-electron chi connectivity index (χ3n) is 3.00. The van der Waals surface area contributed by atoms with Gasteiger partial charge in [0, 0.05) is 10.7 Å². The first-order valence-corrected chi connectivity index (χ1v) is 7.79. The smallest absolute Gasteiger partial charge is 0.266 e. The van der Waals surface area contributed by atoms with Crippen molar-refractivity contribution in [2.24, 2.45) is 0 Å². The van der Waals surface area contributed by atoms with E-state index in [9.17, 15) is 10.1 Å². The van der Waals surface area contributed by atoms with Gasteiger partial charge in [0.25, 0.3) is 5.91 Å². The van der Waals surface area contributed by atoms with Crippen molar-refractivity contribution < 1.29 is 9.53 Å². The van der Waals surface area contributed by atoms with Crippen LogP contribution < -0.4 is 10.1 Å². The Balaban J connectivity index is 2.27. The van der Waals surface area contributed by atoms with Crippen LogP contribution in [0, 0.1) is 11.3 Å². The lowest BCUT2D eigenvalue weighted by molar-refractivity contribution is -0.112. The molecule has 24 heavy (non-hydrogen) atoms. The van der Waals surface area contributed by atoms with Gasteiger partial charge in [-0.2, -0.15) is 5.26 Å². The van der Waals surface area contributed by atoms with Gasteiger partial charge in [0.05, 0.1) is 17.2 Å². The summed E-state index contributed by atoms with van der Waals surface area (Å²) in [6.45, 7) is 0. The highest BCUT2D eigenvalue weighted by atomic mass is 35.5. The van der Waals surface area contributed by atoms with Gasteiger partial charge in [-0.05, 0) is 48.0 Å². The first-order chi connectivity index (χ1) is 11.4. The van der Waals surface area contributed by atoms with Crippen LogP contribution in [-0.2, 0) is 4.79 Å². The monoisotopic (exact) mass is 380 g/mol. The second kappa shape index (κ2) is 8.07. The Kier molecular flexibility index (Phi) is 6.10. The predicted octanol–water partition coefficient (Wildman–Crippen LogP) is 5.20. The molecule has 0 saturated carbocycles. The number of rotatable bonds is 4. The van der Waals surface area contributed by atoms with Crippen molar-refractivity contribution in [3.8, 4) is 11.8 Å². The molecule has 4 nitrogen and oxygen atoms in total. The lowest BCUT2D eigenvalue weighted by Gasteiger charge is -2.07. The number of halogens is 3. The third kappa shape index (κ3) is 4.42. The fourth-order valence-electron chi connectivity index (χ4n) is 1.90. The fourth-order valence-corrected chi connectivity index (χ4v) is 2.69. The molecule has 2 aromatic rings. The Hall–Kier alpha value is -2.19. The van der Waals surface area contributed by atoms with Gasteiger partial charge in [0.2, 0.25) is 0 Å². The van der Waals surface area contributed by atoms with Crippen molar-refractivity contribution in [3.05, 3.63) is 62.6 Å². The molecule has 0 saturated heterocycles. The number of amides is 1. The number of methoxy groups -OCH3 is 1. The Morgan fingerprint density at radius 1 is 1.17 bits per heavy atom. The molecule has 1 amide bonds. The minimum Gasteiger partial charge on any atom is -0.494 e. The third-order valence-corrected chi connectivity index (χ3v) is 3.82. The number of hydrogen-bond donors (Lipinski definition) is 1. The van der Waals surface area contributed by atoms with Crippen LogP contribution in [0.5, 0.6) is 5.75 Å². The molecular weight excluding hydrogens is 371 g/mol. The van der Waals surface area contributed by atoms with Crippen LogP contribution in [-0.4, -0.2) is 13.0 Å². The molecular formula is C17H11Cl3N2O2. The molecule has 0 aliphatic carbocycles. The summed E-state index contributed by atoms with van der Waals surface area (Å²) in [4.78, 5) is 12.2. The zero-order valence-corrected chi connectivity index (χ0v) is 14.7. The first-order valence-electron chi connectivity index (χ1n) is 6.66. The largest absolute Gasteiger partial charge is 0.494 e. The number of benzene rings is 2. The van der Waals surface area contributed by atoms with Crippen LogP contribution in [0.3, 0.4) is 0 Å². The minimum atomic E-state index is -0.553. The van der Waals surface area contributed by atoms with Crippen molar-refractivity contribution in [3.63, 3.8) is 0 Å². The van der Waals surface area contributed by atoms with Gasteiger partial charge in [-0.15, -0.1) is 0 Å². The number of hydrogen-bond acceptors (Lipinski definition) is 3. The van der Waals surface area contributed by atoms with E-state index in [0.717, 1.165) is 0 Å². The molecule has 0 radical (unpaired) electrons. The normalized spacial score (nSPS) is 10.9. The van der Waals surface area contributed by atoms with Crippen LogP contribution in [0.4, 0.5) is 5.69 Å². The highest BCUT2D eigenvalue weighted by Crippen LogP contribution is 2.34. The minimum absolute atomic E-state index is 0.0951. The summed E-state index contributed by atoms with van der Waals surface area (Å²) in [5, 5.41) is 13.0. The van der Waals surface area contributed by atoms with Crippen LogP contribution in [0.25, 0.3) is 6.08 Å². The Bertz CT molecular complexity index is 817. The predicted molar refractivity (Wildman–Crippen MR) is 96.7 cm³/mol. The Labute approximate surface area is 154 Å². The highest BCUT2D eigenvalue weighted by molar-refractivity contribution is 6.37. The first kappa shape index (κ1) is 18.2. The number of carbonyl (C=O) groups excluding carboxylic acids is 1. The van der Waals surface area contributed by atoms with Crippen molar-refractivity contribution in [1.29, 1.82) is 5.26 Å². The summed E-state index contributed by atoms with van der Waals surface area (Å²) in [6, 6.07) is 11.5. The second-order valence-electron chi connectivity index (χ2n) is 4.65. The molecule has 0 atom stereocenters. The average Bonchev–Trinajstić information content (AvgIpc) is 2.54. The summed E-state index contributed by atoms with van der Waals surface area (Å²) < 4.78 is 5.06. The quantitative estimate of drug-likeness (QED) is 0.585. The molecule has 0 aromatic heterocycles. The van der Waals surface area contributed by atoms with Gasteiger partial charge in [0.1, 0.15) is 11.6 Å². The highest BCUT2D eigenvalue weighted by Gasteiger charge is 2.12. The van der Waals surface area contributed by atoms with Crippen molar-refractivity contribution in [2.45, 2.75) is 0 Å². The molecule has 7 heteroatoms. The summed E-state index contributed by atoms with van der Waals surface area (Å²) in [5.41, 5.74) is 0.937. The SMILES string of the molecule is COc1c(Cl)cc(C=C(C#N)C(=O)Nc2ccc(Cl)cc2)cc1Cl. The number of anilines is 1. The van der Waals surface area contributed by atoms with Crippen LogP contribution in [0.15, 0.2) is 42.0 Å². The topological polar surface area (TPSA) is 62.1 Å². The van der Waals surface area contributed by atoms with E-state index < -0.39 is 5.91 Å². The maximum absolute atomic E-state index is 12.2. The summed E-state index contributed by atoms with van der Waals surface area (Å²) in [6.07, 6.45) is 1.39. The number of ether oxygens (including phenoxy) is 1.